The molecule has 0 aromatic rings. The van der Waals surface area contributed by atoms with Gasteiger partial charge in [0.15, 0.2) is 0 Å². The average Bonchev–Trinajstić information content (AvgIpc) is 2.45. The molecule has 1 saturated heterocycles. The van der Waals surface area contributed by atoms with E-state index in [9.17, 15) is 4.79 Å². The Morgan fingerprint density at radius 1 is 1.42 bits per heavy atom. The van der Waals surface area contributed by atoms with E-state index in [1.807, 2.05) is 0 Å². The predicted molar refractivity (Wildman–Crippen MR) is 49.2 cm³/mol. The number of hydrogen-bond acceptors (Lipinski definition) is 2. The first kappa shape index (κ1) is 9.23. The van der Waals surface area contributed by atoms with Crippen molar-refractivity contribution < 1.29 is 4.79 Å². The van der Waals surface area contributed by atoms with E-state index in [0.717, 1.165) is 25.2 Å². The van der Waals surface area contributed by atoms with Crippen molar-refractivity contribution in [2.24, 2.45) is 4.99 Å². The number of carbonyl (C=O) groups excluding carboxylic acids is 1. The lowest BCUT2D eigenvalue weighted by Crippen LogP contribution is -2.19. The lowest BCUT2D eigenvalue weighted by atomic mass is 10.2. The summed E-state index contributed by atoms with van der Waals surface area (Å²) < 4.78 is 0. The molecule has 1 rings (SSSR count). The molecule has 0 unspecified atom stereocenters. The first-order chi connectivity index (χ1) is 5.83. The van der Waals surface area contributed by atoms with Gasteiger partial charge in [-0.1, -0.05) is 19.8 Å². The second-order valence-corrected chi connectivity index (χ2v) is 3.08. The van der Waals surface area contributed by atoms with E-state index in [0.29, 0.717) is 6.42 Å². The number of rotatable bonds is 4. The van der Waals surface area contributed by atoms with Crippen molar-refractivity contribution in [1.29, 1.82) is 0 Å². The van der Waals surface area contributed by atoms with E-state index >= 15 is 0 Å². The van der Waals surface area contributed by atoms with Crippen molar-refractivity contribution in [3.63, 3.8) is 0 Å². The highest BCUT2D eigenvalue weighted by Gasteiger charge is 2.14. The van der Waals surface area contributed by atoms with E-state index in [2.05, 4.69) is 17.2 Å². The van der Waals surface area contributed by atoms with Gasteiger partial charge in [-0.05, 0) is 6.42 Å². The van der Waals surface area contributed by atoms with E-state index in [4.69, 9.17) is 0 Å². The first-order valence-corrected chi connectivity index (χ1v) is 4.66. The molecule has 1 aliphatic heterocycles. The van der Waals surface area contributed by atoms with Crippen molar-refractivity contribution in [3.8, 4) is 0 Å². The topological polar surface area (TPSA) is 41.5 Å². The molecule has 1 N–H and O–H groups in total. The van der Waals surface area contributed by atoms with Crippen LogP contribution >= 0.6 is 0 Å². The molecule has 0 atom stereocenters. The zero-order valence-electron chi connectivity index (χ0n) is 7.60. The number of carbonyl (C=O) groups is 1. The average molecular weight is 168 g/mol. The van der Waals surface area contributed by atoms with Gasteiger partial charge in [-0.25, -0.2) is 0 Å². The predicted octanol–water partition coefficient (Wildman–Crippen LogP) is 1.49. The maximum absolute atomic E-state index is 10.8. The molecule has 0 spiro atoms. The fourth-order valence-electron chi connectivity index (χ4n) is 1.21. The molecule has 0 aromatic carbocycles. The number of hydrogen-bond donors (Lipinski definition) is 1. The van der Waals surface area contributed by atoms with Crippen LogP contribution in [0.15, 0.2) is 4.99 Å². The van der Waals surface area contributed by atoms with Crippen molar-refractivity contribution in [2.75, 3.05) is 6.54 Å². The Kier molecular flexibility index (Phi) is 3.77. The van der Waals surface area contributed by atoms with Gasteiger partial charge in [-0.15, -0.1) is 0 Å². The molecule has 68 valence electrons. The minimum atomic E-state index is 0.115. The van der Waals surface area contributed by atoms with Crippen LogP contribution in [0.2, 0.25) is 0 Å². The molecule has 0 aromatic heterocycles. The molecule has 12 heavy (non-hydrogen) atoms. The second kappa shape index (κ2) is 4.91. The van der Waals surface area contributed by atoms with Gasteiger partial charge in [-0.3, -0.25) is 9.79 Å². The second-order valence-electron chi connectivity index (χ2n) is 3.08. The highest BCUT2D eigenvalue weighted by Crippen LogP contribution is 2.01. The van der Waals surface area contributed by atoms with Crippen LogP contribution in [0.25, 0.3) is 0 Å². The minimum Gasteiger partial charge on any atom is -0.315 e. The summed E-state index contributed by atoms with van der Waals surface area (Å²) in [5, 5.41) is 2.74. The van der Waals surface area contributed by atoms with Gasteiger partial charge in [0, 0.05) is 19.4 Å². The summed E-state index contributed by atoms with van der Waals surface area (Å²) in [6.45, 7) is 3.04. The van der Waals surface area contributed by atoms with E-state index < -0.39 is 0 Å². The van der Waals surface area contributed by atoms with Gasteiger partial charge in [0.1, 0.15) is 5.84 Å². The maximum Gasteiger partial charge on any atom is 0.225 e. The third kappa shape index (κ3) is 3.03. The summed E-state index contributed by atoms with van der Waals surface area (Å²) in [5.74, 6) is 1.00. The Hall–Kier alpha value is -0.860. The van der Waals surface area contributed by atoms with Crippen LogP contribution in [0.4, 0.5) is 0 Å². The lowest BCUT2D eigenvalue weighted by Gasteiger charge is -1.96. The van der Waals surface area contributed by atoms with Crippen LogP contribution in [0.1, 0.15) is 39.0 Å². The fraction of sp³-hybridized carbons (Fsp3) is 0.778. The standard InChI is InChI=1S/C9H16N2O/c1-2-3-4-7-10-8-5-6-9(12)11-8/h2-7H2,1H3,(H,10,11,12). The highest BCUT2D eigenvalue weighted by molar-refractivity contribution is 6.04. The van der Waals surface area contributed by atoms with Crippen molar-refractivity contribution in [2.45, 2.75) is 39.0 Å². The third-order valence-electron chi connectivity index (χ3n) is 1.94. The Morgan fingerprint density at radius 3 is 2.83 bits per heavy atom. The van der Waals surface area contributed by atoms with E-state index in [1.54, 1.807) is 0 Å². The van der Waals surface area contributed by atoms with Crippen molar-refractivity contribution in [3.05, 3.63) is 0 Å². The van der Waals surface area contributed by atoms with Crippen LogP contribution < -0.4 is 5.32 Å². The Labute approximate surface area is 73.3 Å². The number of nitrogens with zero attached hydrogens (tertiary/aromatic N) is 1. The fourth-order valence-corrected chi connectivity index (χ4v) is 1.21. The molecular formula is C9H16N2O. The zero-order chi connectivity index (χ0) is 8.81. The molecule has 0 bridgehead atoms. The van der Waals surface area contributed by atoms with Crippen LogP contribution in [0.3, 0.4) is 0 Å². The molecule has 1 heterocycles. The summed E-state index contributed by atoms with van der Waals surface area (Å²) >= 11 is 0. The van der Waals surface area contributed by atoms with Crippen LogP contribution in [-0.2, 0) is 4.79 Å². The van der Waals surface area contributed by atoms with Crippen molar-refractivity contribution >= 4 is 11.7 Å². The first-order valence-electron chi connectivity index (χ1n) is 4.66. The van der Waals surface area contributed by atoms with Gasteiger partial charge in [0.05, 0.1) is 0 Å². The summed E-state index contributed by atoms with van der Waals surface area (Å²) in [4.78, 5) is 15.0. The van der Waals surface area contributed by atoms with Gasteiger partial charge >= 0.3 is 0 Å². The molecular weight excluding hydrogens is 152 g/mol. The smallest absolute Gasteiger partial charge is 0.225 e. The summed E-state index contributed by atoms with van der Waals surface area (Å²) in [6, 6.07) is 0. The molecule has 0 saturated carbocycles. The quantitative estimate of drug-likeness (QED) is 0.635. The molecule has 3 nitrogen and oxygen atoms in total. The molecule has 3 heteroatoms. The van der Waals surface area contributed by atoms with Crippen LogP contribution in [0, 0.1) is 0 Å². The zero-order valence-corrected chi connectivity index (χ0v) is 7.60. The SMILES string of the molecule is CCCCCN=C1CCC(=O)N1. The number of unbranched alkanes of at least 4 members (excludes halogenated alkanes) is 2. The van der Waals surface area contributed by atoms with Gasteiger partial charge in [0.2, 0.25) is 5.91 Å². The summed E-state index contributed by atoms with van der Waals surface area (Å²) in [6.07, 6.45) is 5.01. The Morgan fingerprint density at radius 2 is 2.25 bits per heavy atom. The number of nitrogens with one attached hydrogen (secondary N) is 1. The maximum atomic E-state index is 10.8. The molecule has 0 aliphatic carbocycles. The van der Waals surface area contributed by atoms with E-state index in [1.165, 1.54) is 12.8 Å². The Balaban J connectivity index is 2.15. The largest absolute Gasteiger partial charge is 0.315 e. The van der Waals surface area contributed by atoms with Gasteiger partial charge in [-0.2, -0.15) is 0 Å². The third-order valence-corrected chi connectivity index (χ3v) is 1.94. The van der Waals surface area contributed by atoms with Crippen molar-refractivity contribution in [1.82, 2.24) is 5.32 Å². The molecule has 1 fully saturated rings. The van der Waals surface area contributed by atoms with Gasteiger partial charge < -0.3 is 5.32 Å². The highest BCUT2D eigenvalue weighted by atomic mass is 16.1. The number of aliphatic imine (C=N–C) groups is 1. The van der Waals surface area contributed by atoms with Gasteiger partial charge in [0.25, 0.3) is 0 Å². The molecule has 1 aliphatic rings. The molecule has 1 amide bonds. The summed E-state index contributed by atoms with van der Waals surface area (Å²) in [5.41, 5.74) is 0. The van der Waals surface area contributed by atoms with E-state index in [-0.39, 0.29) is 5.91 Å². The molecule has 0 radical (unpaired) electrons. The Bertz CT molecular complexity index is 187. The lowest BCUT2D eigenvalue weighted by molar-refractivity contribution is -0.118. The normalized spacial score (nSPS) is 20.1. The van der Waals surface area contributed by atoms with Crippen LogP contribution in [-0.4, -0.2) is 18.3 Å². The monoisotopic (exact) mass is 168 g/mol. The number of amidine groups is 1. The number of amides is 1. The van der Waals surface area contributed by atoms with Crippen LogP contribution in [0.5, 0.6) is 0 Å². The summed E-state index contributed by atoms with van der Waals surface area (Å²) in [7, 11) is 0. The minimum absolute atomic E-state index is 0.115.